The van der Waals surface area contributed by atoms with Crippen LogP contribution in [0.3, 0.4) is 0 Å². The third-order valence-electron chi connectivity index (χ3n) is 8.11. The minimum Gasteiger partial charge on any atom is -0.374 e. The van der Waals surface area contributed by atoms with Crippen LogP contribution in [0.25, 0.3) is 0 Å². The molecule has 0 N–H and O–H groups in total. The fourth-order valence-corrected chi connectivity index (χ4v) is 6.72. The molecule has 0 amide bonds. The summed E-state index contributed by atoms with van der Waals surface area (Å²) in [5, 5.41) is 0. The second-order valence-corrected chi connectivity index (χ2v) is 12.9. The summed E-state index contributed by atoms with van der Waals surface area (Å²) in [6.07, 6.45) is -1.73. The fraction of sp³-hybridized carbons (Fsp3) is 0.268. The molecule has 1 fully saturated rings. The van der Waals surface area contributed by atoms with Crippen molar-refractivity contribution in [1.82, 2.24) is 0 Å². The molecule has 0 spiro atoms. The van der Waals surface area contributed by atoms with E-state index in [0.29, 0.717) is 33.0 Å². The summed E-state index contributed by atoms with van der Waals surface area (Å²) in [4.78, 5) is 1.10. The van der Waals surface area contributed by atoms with Gasteiger partial charge in [0.1, 0.15) is 29.9 Å². The molecule has 0 aliphatic carbocycles. The molecule has 1 heterocycles. The number of rotatable bonds is 15. The summed E-state index contributed by atoms with van der Waals surface area (Å²) in [5.74, 6) is 0. The Balaban J connectivity index is 1.31. The van der Waals surface area contributed by atoms with Gasteiger partial charge in [-0.2, -0.15) is 0 Å². The lowest BCUT2D eigenvalue weighted by atomic mass is 9.98. The zero-order chi connectivity index (χ0) is 32.1. The molecule has 1 aliphatic rings. The highest BCUT2D eigenvalue weighted by molar-refractivity contribution is 7.99. The van der Waals surface area contributed by atoms with Gasteiger partial charge in [-0.1, -0.05) is 151 Å². The van der Waals surface area contributed by atoms with Gasteiger partial charge in [0.25, 0.3) is 0 Å². The van der Waals surface area contributed by atoms with Crippen LogP contribution in [0.4, 0.5) is 0 Å². The number of ether oxygens (including phenoxy) is 5. The summed E-state index contributed by atoms with van der Waals surface area (Å²) >= 11 is 1.65. The van der Waals surface area contributed by atoms with Crippen molar-refractivity contribution in [3.8, 4) is 0 Å². The Kier molecular flexibility index (Phi) is 12.3. The average Bonchev–Trinajstić information content (AvgIpc) is 3.12. The number of aryl methyl sites for hydroxylation is 1. The van der Waals surface area contributed by atoms with E-state index in [4.69, 9.17) is 23.7 Å². The van der Waals surface area contributed by atoms with Gasteiger partial charge >= 0.3 is 0 Å². The van der Waals surface area contributed by atoms with Crippen LogP contribution in [0.5, 0.6) is 0 Å². The third kappa shape index (κ3) is 9.88. The van der Waals surface area contributed by atoms with E-state index in [-0.39, 0.29) is 5.44 Å². The Morgan fingerprint density at radius 1 is 0.489 bits per heavy atom. The molecule has 0 unspecified atom stereocenters. The first-order valence-corrected chi connectivity index (χ1v) is 17.1. The Morgan fingerprint density at radius 3 is 1.40 bits per heavy atom. The van der Waals surface area contributed by atoms with Crippen molar-refractivity contribution in [3.05, 3.63) is 173 Å². The number of thioether (sulfide) groups is 1. The van der Waals surface area contributed by atoms with E-state index in [9.17, 15) is 0 Å². The molecular weight excluding hydrogens is 605 g/mol. The molecule has 0 saturated carbocycles. The standard InChI is InChI=1S/C41H42O5S/c1-31-22-24-36(25-23-31)47-41-40(45-29-35-20-12-5-13-21-35)39(44-28-34-18-10-4-11-19-34)38(43-27-33-16-8-3-9-17-33)37(46-41)30-42-26-32-14-6-2-7-15-32/h2-25,37-41H,26-30H2,1H3/t37-,38-,39+,40+,41+/m1/s1. The lowest BCUT2D eigenvalue weighted by molar-refractivity contribution is -0.254. The minimum atomic E-state index is -0.453. The van der Waals surface area contributed by atoms with Crippen LogP contribution >= 0.6 is 11.8 Å². The molecule has 5 aromatic rings. The van der Waals surface area contributed by atoms with Crippen LogP contribution < -0.4 is 0 Å². The van der Waals surface area contributed by atoms with Gasteiger partial charge in [-0.15, -0.1) is 0 Å². The van der Waals surface area contributed by atoms with Crippen molar-refractivity contribution >= 4 is 11.8 Å². The lowest BCUT2D eigenvalue weighted by Crippen LogP contribution is -2.60. The SMILES string of the molecule is Cc1ccc(S[C@@H]2O[C@H](COCc3ccccc3)[C@@H](OCc3ccccc3)[C@H](OCc3ccccc3)[C@@H]2OCc2ccccc2)cc1. The third-order valence-corrected chi connectivity index (χ3v) is 9.27. The Bertz CT molecular complexity index is 1590. The van der Waals surface area contributed by atoms with E-state index in [1.807, 2.05) is 72.8 Å². The topological polar surface area (TPSA) is 46.2 Å². The predicted molar refractivity (Wildman–Crippen MR) is 187 cm³/mol. The van der Waals surface area contributed by atoms with Crippen LogP contribution in [-0.2, 0) is 50.1 Å². The first-order valence-electron chi connectivity index (χ1n) is 16.2. The smallest absolute Gasteiger partial charge is 0.137 e. The largest absolute Gasteiger partial charge is 0.374 e. The Morgan fingerprint density at radius 2 is 0.915 bits per heavy atom. The molecule has 6 rings (SSSR count). The van der Waals surface area contributed by atoms with Crippen LogP contribution in [0.2, 0.25) is 0 Å². The maximum atomic E-state index is 6.95. The van der Waals surface area contributed by atoms with Crippen LogP contribution in [0.1, 0.15) is 27.8 Å². The molecule has 5 atom stereocenters. The van der Waals surface area contributed by atoms with Crippen LogP contribution in [-0.4, -0.2) is 36.5 Å². The first kappa shape index (κ1) is 33.2. The molecule has 242 valence electrons. The molecule has 1 aliphatic heterocycles. The van der Waals surface area contributed by atoms with Gasteiger partial charge in [0.2, 0.25) is 0 Å². The van der Waals surface area contributed by atoms with Gasteiger partial charge in [-0.3, -0.25) is 0 Å². The van der Waals surface area contributed by atoms with Gasteiger partial charge in [0.15, 0.2) is 0 Å². The quantitative estimate of drug-likeness (QED) is 0.113. The van der Waals surface area contributed by atoms with Gasteiger partial charge in [0.05, 0.1) is 33.0 Å². The monoisotopic (exact) mass is 646 g/mol. The maximum absolute atomic E-state index is 6.95. The van der Waals surface area contributed by atoms with Crippen LogP contribution in [0.15, 0.2) is 150 Å². The van der Waals surface area contributed by atoms with Crippen molar-refractivity contribution < 1.29 is 23.7 Å². The minimum absolute atomic E-state index is 0.343. The van der Waals surface area contributed by atoms with Crippen LogP contribution in [0, 0.1) is 6.92 Å². The highest BCUT2D eigenvalue weighted by atomic mass is 32.2. The lowest BCUT2D eigenvalue weighted by Gasteiger charge is -2.46. The molecule has 47 heavy (non-hydrogen) atoms. The zero-order valence-corrected chi connectivity index (χ0v) is 27.5. The summed E-state index contributed by atoms with van der Waals surface area (Å²) < 4.78 is 33.7. The maximum Gasteiger partial charge on any atom is 0.137 e. The molecule has 1 saturated heterocycles. The molecule has 0 bridgehead atoms. The number of benzene rings is 5. The molecule has 0 aromatic heterocycles. The Labute approximate surface area is 282 Å². The molecule has 0 radical (unpaired) electrons. The summed E-state index contributed by atoms with van der Waals surface area (Å²) in [6, 6.07) is 49.4. The van der Waals surface area contributed by atoms with E-state index < -0.39 is 24.4 Å². The fourth-order valence-electron chi connectivity index (χ4n) is 5.59. The number of hydrogen-bond donors (Lipinski definition) is 0. The highest BCUT2D eigenvalue weighted by Crippen LogP contribution is 2.38. The predicted octanol–water partition coefficient (Wildman–Crippen LogP) is 8.79. The van der Waals surface area contributed by atoms with Gasteiger partial charge in [-0.05, 0) is 41.3 Å². The van der Waals surface area contributed by atoms with E-state index in [2.05, 4.69) is 79.7 Å². The van der Waals surface area contributed by atoms with E-state index >= 15 is 0 Å². The van der Waals surface area contributed by atoms with E-state index in [1.165, 1.54) is 5.56 Å². The molecule has 5 aromatic carbocycles. The average molecular weight is 647 g/mol. The summed E-state index contributed by atoms with van der Waals surface area (Å²) in [6.45, 7) is 4.17. The molecule has 5 nitrogen and oxygen atoms in total. The van der Waals surface area contributed by atoms with Gasteiger partial charge < -0.3 is 23.7 Å². The van der Waals surface area contributed by atoms with Crippen molar-refractivity contribution in [2.24, 2.45) is 0 Å². The highest BCUT2D eigenvalue weighted by Gasteiger charge is 2.49. The second kappa shape index (κ2) is 17.4. The van der Waals surface area contributed by atoms with Crippen molar-refractivity contribution in [2.75, 3.05) is 6.61 Å². The molecular formula is C41H42O5S. The second-order valence-electron chi connectivity index (χ2n) is 11.8. The first-order chi connectivity index (χ1) is 23.2. The number of hydrogen-bond acceptors (Lipinski definition) is 6. The Hall–Kier alpha value is -3.75. The summed E-state index contributed by atoms with van der Waals surface area (Å²) in [7, 11) is 0. The zero-order valence-electron chi connectivity index (χ0n) is 26.7. The summed E-state index contributed by atoms with van der Waals surface area (Å²) in [5.41, 5.74) is 5.20. The van der Waals surface area contributed by atoms with E-state index in [1.54, 1.807) is 11.8 Å². The molecule has 6 heteroatoms. The van der Waals surface area contributed by atoms with Crippen molar-refractivity contribution in [3.63, 3.8) is 0 Å². The van der Waals surface area contributed by atoms with Crippen molar-refractivity contribution in [1.29, 1.82) is 0 Å². The van der Waals surface area contributed by atoms with Crippen molar-refractivity contribution in [2.45, 2.75) is 68.1 Å². The normalized spacial score (nSPS) is 21.0. The van der Waals surface area contributed by atoms with E-state index in [0.717, 1.165) is 27.1 Å². The van der Waals surface area contributed by atoms with Gasteiger partial charge in [-0.25, -0.2) is 0 Å². The van der Waals surface area contributed by atoms with Gasteiger partial charge in [0, 0.05) is 4.90 Å².